The molecule has 2 aromatic carbocycles. The van der Waals surface area contributed by atoms with E-state index < -0.39 is 0 Å². The van der Waals surface area contributed by atoms with E-state index in [4.69, 9.17) is 0 Å². The number of urea groups is 1. The van der Waals surface area contributed by atoms with E-state index in [0.717, 1.165) is 63.0 Å². The number of carbonyl (C=O) groups is 1. The average Bonchev–Trinajstić information content (AvgIpc) is 3.44. The molecule has 6 rings (SSSR count). The molecule has 0 radical (unpaired) electrons. The summed E-state index contributed by atoms with van der Waals surface area (Å²) >= 11 is 0. The second-order valence-electron chi connectivity index (χ2n) is 11.5. The second-order valence-corrected chi connectivity index (χ2v) is 11.5. The van der Waals surface area contributed by atoms with E-state index in [9.17, 15) is 9.59 Å². The zero-order valence-corrected chi connectivity index (χ0v) is 22.2. The Morgan fingerprint density at radius 2 is 1.63 bits per heavy atom. The Bertz CT molecular complexity index is 1300. The number of likely N-dealkylation sites (tertiary alicyclic amines) is 2. The molecule has 1 aliphatic carbocycles. The Balaban J connectivity index is 1.19. The number of nitrogens with zero attached hydrogens (tertiary/aromatic N) is 4. The maximum absolute atomic E-state index is 14.0. The fourth-order valence-corrected chi connectivity index (χ4v) is 7.23. The lowest BCUT2D eigenvalue weighted by molar-refractivity contribution is 0.0222. The molecule has 3 aromatic rings. The maximum atomic E-state index is 14.0. The summed E-state index contributed by atoms with van der Waals surface area (Å²) < 4.78 is 1.80. The van der Waals surface area contributed by atoms with Crippen LogP contribution in [0.15, 0.2) is 77.9 Å². The fraction of sp³-hybridized carbons (Fsp3) is 0.469. The van der Waals surface area contributed by atoms with E-state index >= 15 is 0 Å². The Morgan fingerprint density at radius 1 is 0.895 bits per heavy atom. The summed E-state index contributed by atoms with van der Waals surface area (Å²) in [5.74, 6) is 0.377. The number of hydrogen-bond acceptors (Lipinski definition) is 3. The number of carbonyl (C=O) groups excluding carboxylic acids is 1. The molecule has 3 heterocycles. The van der Waals surface area contributed by atoms with Crippen LogP contribution in [-0.4, -0.2) is 45.0 Å². The molecule has 0 N–H and O–H groups in total. The summed E-state index contributed by atoms with van der Waals surface area (Å²) in [6.07, 6.45) is 10.6. The summed E-state index contributed by atoms with van der Waals surface area (Å²) in [6.45, 7) is 3.08. The van der Waals surface area contributed by atoms with E-state index in [1.54, 1.807) is 17.0 Å². The van der Waals surface area contributed by atoms with Crippen LogP contribution in [0.25, 0.3) is 11.3 Å². The molecule has 0 bridgehead atoms. The first kappa shape index (κ1) is 24.9. The van der Waals surface area contributed by atoms with Gasteiger partial charge < -0.3 is 9.80 Å². The molecule has 3 aliphatic rings. The molecule has 6 heteroatoms. The molecular weight excluding hydrogens is 472 g/mol. The number of aromatic nitrogens is 2. The van der Waals surface area contributed by atoms with Crippen molar-refractivity contribution in [2.45, 2.75) is 64.0 Å². The van der Waals surface area contributed by atoms with Gasteiger partial charge in [-0.05, 0) is 55.4 Å². The van der Waals surface area contributed by atoms with E-state index in [1.165, 1.54) is 24.8 Å². The number of rotatable bonds is 4. The maximum Gasteiger partial charge on any atom is 0.320 e. The first-order valence-electron chi connectivity index (χ1n) is 14.4. The number of amides is 2. The van der Waals surface area contributed by atoms with Crippen molar-refractivity contribution in [3.63, 3.8) is 0 Å². The van der Waals surface area contributed by atoms with Crippen LogP contribution in [0.2, 0.25) is 0 Å². The third kappa shape index (κ3) is 4.89. The summed E-state index contributed by atoms with van der Waals surface area (Å²) in [7, 11) is 0. The predicted octanol–water partition coefficient (Wildman–Crippen LogP) is 6.14. The zero-order valence-electron chi connectivity index (χ0n) is 22.2. The molecule has 38 heavy (non-hydrogen) atoms. The van der Waals surface area contributed by atoms with Crippen molar-refractivity contribution >= 4 is 6.03 Å². The molecule has 2 saturated heterocycles. The van der Waals surface area contributed by atoms with E-state index in [-0.39, 0.29) is 23.0 Å². The summed E-state index contributed by atoms with van der Waals surface area (Å²) in [6, 6.07) is 22.4. The highest BCUT2D eigenvalue weighted by Gasteiger charge is 2.47. The van der Waals surface area contributed by atoms with E-state index in [1.807, 2.05) is 36.4 Å². The van der Waals surface area contributed by atoms with Gasteiger partial charge in [-0.25, -0.2) is 9.78 Å². The molecule has 6 nitrogen and oxygen atoms in total. The van der Waals surface area contributed by atoms with Crippen molar-refractivity contribution in [1.29, 1.82) is 0 Å². The second kappa shape index (κ2) is 10.8. The van der Waals surface area contributed by atoms with Crippen LogP contribution < -0.4 is 5.56 Å². The van der Waals surface area contributed by atoms with Gasteiger partial charge in [-0.3, -0.25) is 9.36 Å². The molecule has 2 aliphatic heterocycles. The van der Waals surface area contributed by atoms with Crippen molar-refractivity contribution in [3.8, 4) is 11.3 Å². The van der Waals surface area contributed by atoms with Gasteiger partial charge in [0.25, 0.3) is 5.56 Å². The van der Waals surface area contributed by atoms with Crippen molar-refractivity contribution in [2.75, 3.05) is 19.6 Å². The van der Waals surface area contributed by atoms with Gasteiger partial charge in [0.1, 0.15) is 0 Å². The van der Waals surface area contributed by atoms with Crippen LogP contribution in [-0.2, 0) is 6.54 Å². The van der Waals surface area contributed by atoms with Gasteiger partial charge in [0, 0.05) is 37.8 Å². The molecule has 3 fully saturated rings. The van der Waals surface area contributed by atoms with Crippen LogP contribution in [0.4, 0.5) is 4.79 Å². The summed E-state index contributed by atoms with van der Waals surface area (Å²) in [5.41, 5.74) is 3.02. The molecule has 1 aromatic heterocycles. The monoisotopic (exact) mass is 510 g/mol. The SMILES string of the molecule is O=C(N1CC[C@@H](Cn2cnc(-c3ccccc3)cc2=O)C2(CCCC2)C1)N1CCCC[C@H]1c1ccccc1. The molecule has 0 unspecified atom stereocenters. The number of benzene rings is 2. The number of piperidine rings is 2. The standard InChI is InChI=1S/C32H38N4O2/c37-30-21-28(25-11-3-1-4-12-25)33-24-35(30)22-27-16-20-34(23-32(27)17-8-9-18-32)31(38)36-19-10-7-15-29(36)26-13-5-2-6-14-26/h1-6,11-14,21,24,27,29H,7-10,15-20,22-23H2/t27-,29-/m0/s1. The predicted molar refractivity (Wildman–Crippen MR) is 150 cm³/mol. The lowest BCUT2D eigenvalue weighted by Crippen LogP contribution is -2.55. The van der Waals surface area contributed by atoms with Gasteiger partial charge in [-0.1, -0.05) is 73.5 Å². The molecule has 2 amide bonds. The first-order valence-corrected chi connectivity index (χ1v) is 14.4. The van der Waals surface area contributed by atoms with Gasteiger partial charge in [0.15, 0.2) is 0 Å². The largest absolute Gasteiger partial charge is 0.324 e. The van der Waals surface area contributed by atoms with Crippen LogP contribution in [0.3, 0.4) is 0 Å². The van der Waals surface area contributed by atoms with Crippen molar-refractivity contribution in [2.24, 2.45) is 11.3 Å². The molecular formula is C32H38N4O2. The van der Waals surface area contributed by atoms with Crippen molar-refractivity contribution < 1.29 is 4.79 Å². The summed E-state index contributed by atoms with van der Waals surface area (Å²) in [5, 5.41) is 0. The lowest BCUT2D eigenvalue weighted by Gasteiger charge is -2.49. The molecule has 1 saturated carbocycles. The van der Waals surface area contributed by atoms with Gasteiger partial charge in [0.05, 0.1) is 18.1 Å². The number of hydrogen-bond donors (Lipinski definition) is 0. The molecule has 198 valence electrons. The minimum Gasteiger partial charge on any atom is -0.324 e. The third-order valence-corrected chi connectivity index (χ3v) is 9.29. The summed E-state index contributed by atoms with van der Waals surface area (Å²) in [4.78, 5) is 35.9. The van der Waals surface area contributed by atoms with Crippen LogP contribution in [0.1, 0.15) is 63.0 Å². The van der Waals surface area contributed by atoms with Gasteiger partial charge in [-0.2, -0.15) is 0 Å². The minimum atomic E-state index is 0.00419. The van der Waals surface area contributed by atoms with E-state index in [2.05, 4.69) is 39.0 Å². The first-order chi connectivity index (χ1) is 18.6. The van der Waals surface area contributed by atoms with Crippen molar-refractivity contribution in [1.82, 2.24) is 19.4 Å². The Labute approximate surface area is 225 Å². The van der Waals surface area contributed by atoms with Crippen molar-refractivity contribution in [3.05, 3.63) is 89.0 Å². The average molecular weight is 511 g/mol. The zero-order chi connectivity index (χ0) is 26.0. The highest BCUT2D eigenvalue weighted by molar-refractivity contribution is 5.75. The topological polar surface area (TPSA) is 58.4 Å². The molecule has 1 spiro atoms. The highest BCUT2D eigenvalue weighted by Crippen LogP contribution is 2.49. The quantitative estimate of drug-likeness (QED) is 0.424. The van der Waals surface area contributed by atoms with E-state index in [0.29, 0.717) is 12.5 Å². The van der Waals surface area contributed by atoms with Crippen LogP contribution in [0, 0.1) is 11.3 Å². The van der Waals surface area contributed by atoms with Gasteiger partial charge >= 0.3 is 6.03 Å². The highest BCUT2D eigenvalue weighted by atomic mass is 16.2. The van der Waals surface area contributed by atoms with Gasteiger partial charge in [0.2, 0.25) is 0 Å². The smallest absolute Gasteiger partial charge is 0.320 e. The Hall–Kier alpha value is -3.41. The molecule has 2 atom stereocenters. The fourth-order valence-electron chi connectivity index (χ4n) is 7.23. The third-order valence-electron chi connectivity index (χ3n) is 9.29. The minimum absolute atomic E-state index is 0.00419. The normalized spacial score (nSPS) is 23.1. The van der Waals surface area contributed by atoms with Crippen LogP contribution in [0.5, 0.6) is 0 Å². The Kier molecular flexibility index (Phi) is 7.05. The lowest BCUT2D eigenvalue weighted by atomic mass is 9.69. The van der Waals surface area contributed by atoms with Crippen LogP contribution >= 0.6 is 0 Å². The Morgan fingerprint density at radius 3 is 2.37 bits per heavy atom. The van der Waals surface area contributed by atoms with Gasteiger partial charge in [-0.15, -0.1) is 0 Å².